The van der Waals surface area contributed by atoms with Gasteiger partial charge in [-0.25, -0.2) is 0 Å². The molecule has 0 rings (SSSR count). The van der Waals surface area contributed by atoms with Gasteiger partial charge in [0.1, 0.15) is 0 Å². The van der Waals surface area contributed by atoms with Crippen LogP contribution in [0.1, 0.15) is 53.4 Å². The van der Waals surface area contributed by atoms with Gasteiger partial charge in [-0.15, -0.1) is 0 Å². The summed E-state index contributed by atoms with van der Waals surface area (Å²) >= 11 is 0. The van der Waals surface area contributed by atoms with Gasteiger partial charge in [0.05, 0.1) is 0 Å². The highest BCUT2D eigenvalue weighted by molar-refractivity contribution is 5.94. The molecule has 0 N–H and O–H groups in total. The third kappa shape index (κ3) is 7.52. The Morgan fingerprint density at radius 1 is 1.25 bits per heavy atom. The van der Waals surface area contributed by atoms with E-state index in [0.29, 0.717) is 6.42 Å². The molecule has 0 atom stereocenters. The van der Waals surface area contributed by atoms with E-state index < -0.39 is 0 Å². The minimum absolute atomic E-state index is 0.240. The van der Waals surface area contributed by atoms with E-state index in [0.717, 1.165) is 24.8 Å². The number of rotatable bonds is 5. The van der Waals surface area contributed by atoms with Gasteiger partial charge in [0.2, 0.25) is 0 Å². The van der Waals surface area contributed by atoms with Crippen LogP contribution in [0.5, 0.6) is 0 Å². The number of unbranched alkanes of at least 4 members (excludes halogenated alkanes) is 1. The monoisotopic (exact) mass is 170 g/mol. The maximum atomic E-state index is 11.0. The summed E-state index contributed by atoms with van der Waals surface area (Å²) in [5.41, 5.74) is 0.772. The zero-order valence-corrected chi connectivity index (χ0v) is 8.94. The number of allylic oxidation sites excluding steroid dienone is 1. The Bertz CT molecular complexity index is 125. The first kappa shape index (κ1) is 14.0. The number of carbonyl (C=O) groups excluding carboxylic acids is 1. The summed E-state index contributed by atoms with van der Waals surface area (Å²) in [6, 6.07) is 0. The molecule has 0 spiro atoms. The van der Waals surface area contributed by atoms with Crippen molar-refractivity contribution in [3.8, 4) is 0 Å². The van der Waals surface area contributed by atoms with Crippen molar-refractivity contribution >= 4 is 5.78 Å². The van der Waals surface area contributed by atoms with Crippen molar-refractivity contribution in [2.75, 3.05) is 0 Å². The summed E-state index contributed by atoms with van der Waals surface area (Å²) < 4.78 is 0. The number of Topliss-reactive ketones (excluding diaryl/α,β-unsaturated/α-hetero) is 1. The molecule has 0 aliphatic carbocycles. The molecule has 0 aliphatic rings. The predicted octanol–water partition coefficient (Wildman–Crippen LogP) is 3.74. The third-order valence-electron chi connectivity index (χ3n) is 1.58. The molecule has 1 heteroatoms. The van der Waals surface area contributed by atoms with E-state index in [-0.39, 0.29) is 5.78 Å². The standard InChI is InChI=1S/C9H16O.C2H6/c1-4-6-7-9(10)8(3)5-2;1-2/h3-7H2,1-2H3;1-2H3. The van der Waals surface area contributed by atoms with E-state index in [1.54, 1.807) is 0 Å². The van der Waals surface area contributed by atoms with Crippen LogP contribution < -0.4 is 0 Å². The third-order valence-corrected chi connectivity index (χ3v) is 1.58. The van der Waals surface area contributed by atoms with Crippen LogP contribution in [-0.4, -0.2) is 5.78 Å². The van der Waals surface area contributed by atoms with Crippen molar-refractivity contribution in [2.45, 2.75) is 53.4 Å². The van der Waals surface area contributed by atoms with E-state index in [2.05, 4.69) is 13.5 Å². The Balaban J connectivity index is 0. The van der Waals surface area contributed by atoms with Gasteiger partial charge in [0.25, 0.3) is 0 Å². The van der Waals surface area contributed by atoms with E-state index in [1.807, 2.05) is 20.8 Å². The molecule has 0 heterocycles. The molecule has 0 amide bonds. The largest absolute Gasteiger partial charge is 0.295 e. The first-order chi connectivity index (χ1) is 5.72. The van der Waals surface area contributed by atoms with Crippen molar-refractivity contribution < 1.29 is 4.79 Å². The van der Waals surface area contributed by atoms with E-state index >= 15 is 0 Å². The van der Waals surface area contributed by atoms with Crippen molar-refractivity contribution in [3.05, 3.63) is 12.2 Å². The second-order valence-corrected chi connectivity index (χ2v) is 2.48. The number of hydrogen-bond donors (Lipinski definition) is 0. The van der Waals surface area contributed by atoms with Gasteiger partial charge in [0.15, 0.2) is 5.78 Å². The quantitative estimate of drug-likeness (QED) is 0.574. The molecular formula is C11H22O. The summed E-state index contributed by atoms with van der Waals surface area (Å²) in [7, 11) is 0. The molecule has 72 valence electrons. The van der Waals surface area contributed by atoms with Gasteiger partial charge in [0, 0.05) is 6.42 Å². The molecule has 0 aliphatic heterocycles. The maximum Gasteiger partial charge on any atom is 0.158 e. The van der Waals surface area contributed by atoms with Crippen molar-refractivity contribution in [3.63, 3.8) is 0 Å². The summed E-state index contributed by atoms with van der Waals surface area (Å²) in [6.45, 7) is 11.7. The highest BCUT2D eigenvalue weighted by atomic mass is 16.1. The Labute approximate surface area is 76.9 Å². The lowest BCUT2D eigenvalue weighted by atomic mass is 10.1. The van der Waals surface area contributed by atoms with Crippen LogP contribution in [0, 0.1) is 0 Å². The Hall–Kier alpha value is -0.590. The molecule has 0 aromatic carbocycles. The van der Waals surface area contributed by atoms with Crippen LogP contribution in [-0.2, 0) is 4.79 Å². The van der Waals surface area contributed by atoms with Crippen LogP contribution in [0.4, 0.5) is 0 Å². The summed E-state index contributed by atoms with van der Waals surface area (Å²) in [5.74, 6) is 0.240. The van der Waals surface area contributed by atoms with Crippen LogP contribution in [0.3, 0.4) is 0 Å². The van der Waals surface area contributed by atoms with Gasteiger partial charge in [-0.1, -0.05) is 40.7 Å². The fraction of sp³-hybridized carbons (Fsp3) is 0.727. The fourth-order valence-corrected chi connectivity index (χ4v) is 0.711. The van der Waals surface area contributed by atoms with E-state index in [4.69, 9.17) is 0 Å². The van der Waals surface area contributed by atoms with Gasteiger partial charge in [-0.05, 0) is 18.4 Å². The molecule has 12 heavy (non-hydrogen) atoms. The van der Waals surface area contributed by atoms with Gasteiger partial charge in [-0.2, -0.15) is 0 Å². The minimum atomic E-state index is 0.240. The van der Waals surface area contributed by atoms with E-state index in [1.165, 1.54) is 0 Å². The van der Waals surface area contributed by atoms with Crippen molar-refractivity contribution in [1.29, 1.82) is 0 Å². The van der Waals surface area contributed by atoms with Crippen LogP contribution >= 0.6 is 0 Å². The number of ketones is 1. The summed E-state index contributed by atoms with van der Waals surface area (Å²) in [5, 5.41) is 0. The molecule has 0 aromatic rings. The minimum Gasteiger partial charge on any atom is -0.295 e. The molecule has 0 radical (unpaired) electrons. The number of hydrogen-bond acceptors (Lipinski definition) is 1. The van der Waals surface area contributed by atoms with Crippen LogP contribution in [0.15, 0.2) is 12.2 Å². The normalized spacial score (nSPS) is 8.33. The second-order valence-electron chi connectivity index (χ2n) is 2.48. The fourth-order valence-electron chi connectivity index (χ4n) is 0.711. The molecule has 0 unspecified atom stereocenters. The Kier molecular flexibility index (Phi) is 12.1. The maximum absolute atomic E-state index is 11.0. The lowest BCUT2D eigenvalue weighted by Gasteiger charge is -1.98. The average molecular weight is 170 g/mol. The van der Waals surface area contributed by atoms with Crippen LogP contribution in [0.25, 0.3) is 0 Å². The average Bonchev–Trinajstić information content (AvgIpc) is 2.16. The van der Waals surface area contributed by atoms with E-state index in [9.17, 15) is 4.79 Å². The summed E-state index contributed by atoms with van der Waals surface area (Å²) in [6.07, 6.45) is 3.56. The first-order valence-electron chi connectivity index (χ1n) is 4.93. The smallest absolute Gasteiger partial charge is 0.158 e. The SMILES string of the molecule is C=C(CC)C(=O)CCCC.CC. The Morgan fingerprint density at radius 3 is 2.08 bits per heavy atom. The molecule has 0 saturated carbocycles. The van der Waals surface area contributed by atoms with Gasteiger partial charge in [-0.3, -0.25) is 4.79 Å². The van der Waals surface area contributed by atoms with Crippen molar-refractivity contribution in [1.82, 2.24) is 0 Å². The Morgan fingerprint density at radius 2 is 1.75 bits per heavy atom. The van der Waals surface area contributed by atoms with Gasteiger partial charge < -0.3 is 0 Å². The lowest BCUT2D eigenvalue weighted by Crippen LogP contribution is -1.99. The van der Waals surface area contributed by atoms with Crippen LogP contribution in [0.2, 0.25) is 0 Å². The molecule has 0 aromatic heterocycles. The predicted molar refractivity (Wildman–Crippen MR) is 55.3 cm³/mol. The molecular weight excluding hydrogens is 148 g/mol. The second kappa shape index (κ2) is 10.4. The topological polar surface area (TPSA) is 17.1 Å². The highest BCUT2D eigenvalue weighted by Crippen LogP contribution is 2.05. The molecule has 0 bridgehead atoms. The van der Waals surface area contributed by atoms with Crippen molar-refractivity contribution in [2.24, 2.45) is 0 Å². The number of carbonyl (C=O) groups is 1. The lowest BCUT2D eigenvalue weighted by molar-refractivity contribution is -0.115. The zero-order valence-electron chi connectivity index (χ0n) is 8.94. The summed E-state index contributed by atoms with van der Waals surface area (Å²) in [4.78, 5) is 11.0. The molecule has 0 fully saturated rings. The zero-order chi connectivity index (χ0) is 9.98. The molecule has 0 saturated heterocycles. The first-order valence-corrected chi connectivity index (χ1v) is 4.93. The molecule has 1 nitrogen and oxygen atoms in total. The van der Waals surface area contributed by atoms with Gasteiger partial charge >= 0.3 is 0 Å². The highest BCUT2D eigenvalue weighted by Gasteiger charge is 2.02.